The molecule has 0 saturated carbocycles. The summed E-state index contributed by atoms with van der Waals surface area (Å²) in [4.78, 5) is 0. The molecule has 0 fully saturated rings. The van der Waals surface area contributed by atoms with Crippen LogP contribution in [0, 0.1) is 13.8 Å². The molecule has 0 aliphatic rings. The van der Waals surface area contributed by atoms with Crippen molar-refractivity contribution in [2.45, 2.75) is 13.8 Å². The summed E-state index contributed by atoms with van der Waals surface area (Å²) in [5.74, 6) is 0. The first-order valence-electron chi connectivity index (χ1n) is 11.4. The SMILES string of the molecule is Cc1ccc(C)c2[cH-]ccc12.[Hf+4].c1ccc(P(c2ccccc2)c2cc3ccccc3[cH-]2)cc1. The minimum Gasteiger partial charge on any atom is -0.168 e. The van der Waals surface area contributed by atoms with Gasteiger partial charge in [-0.1, -0.05) is 85.3 Å². The molecule has 0 aliphatic carbocycles. The Bertz CT molecular complexity index is 1370. The van der Waals surface area contributed by atoms with Gasteiger partial charge < -0.3 is 0 Å². The smallest absolute Gasteiger partial charge is 0.168 e. The standard InChI is InChI=1S/C21H16P.C11H11.Hf/c1-3-11-19(12-4-1)22(20-13-5-2-6-14-20)21-15-17-9-7-8-10-18(17)16-21;1-8-6-7-9(2)11-5-3-4-10(8)11;/h1-16H;3-7H,1-2H3;/q2*-1;+4. The van der Waals surface area contributed by atoms with Crippen molar-refractivity contribution in [3.63, 3.8) is 0 Å². The van der Waals surface area contributed by atoms with Crippen LogP contribution in [-0.4, -0.2) is 0 Å². The molecular weight excluding hydrogens is 594 g/mol. The normalized spacial score (nSPS) is 10.7. The number of benzene rings is 4. The summed E-state index contributed by atoms with van der Waals surface area (Å²) in [5.41, 5.74) is 2.74. The average Bonchev–Trinajstić information content (AvgIpc) is 3.52. The third-order valence-corrected chi connectivity index (χ3v) is 8.54. The van der Waals surface area contributed by atoms with Crippen molar-refractivity contribution < 1.29 is 25.8 Å². The van der Waals surface area contributed by atoms with Crippen LogP contribution in [0.15, 0.2) is 127 Å². The van der Waals surface area contributed by atoms with Crippen LogP contribution in [0.3, 0.4) is 0 Å². The Morgan fingerprint density at radius 3 is 1.82 bits per heavy atom. The van der Waals surface area contributed by atoms with Gasteiger partial charge in [0, 0.05) is 0 Å². The topological polar surface area (TPSA) is 0 Å². The number of rotatable bonds is 3. The largest absolute Gasteiger partial charge is 4.00 e. The summed E-state index contributed by atoms with van der Waals surface area (Å²) in [5, 5.41) is 9.68. The van der Waals surface area contributed by atoms with Crippen molar-refractivity contribution in [3.05, 3.63) is 139 Å². The summed E-state index contributed by atoms with van der Waals surface area (Å²) in [6.45, 7) is 4.31. The fourth-order valence-electron chi connectivity index (χ4n) is 4.40. The number of hydrogen-bond acceptors (Lipinski definition) is 0. The predicted octanol–water partition coefficient (Wildman–Crippen LogP) is 7.49. The summed E-state index contributed by atoms with van der Waals surface area (Å²) in [7, 11) is -0.493. The summed E-state index contributed by atoms with van der Waals surface area (Å²) in [6.07, 6.45) is 0. The molecule has 34 heavy (non-hydrogen) atoms. The molecule has 0 atom stereocenters. The van der Waals surface area contributed by atoms with E-state index in [0.717, 1.165) is 0 Å². The van der Waals surface area contributed by atoms with Crippen molar-refractivity contribution in [2.24, 2.45) is 0 Å². The van der Waals surface area contributed by atoms with E-state index < -0.39 is 7.92 Å². The van der Waals surface area contributed by atoms with Crippen molar-refractivity contribution in [1.82, 2.24) is 0 Å². The Hall–Kier alpha value is -2.60. The molecule has 0 saturated heterocycles. The molecule has 162 valence electrons. The Kier molecular flexibility index (Phi) is 8.09. The average molecular weight is 621 g/mol. The van der Waals surface area contributed by atoms with Gasteiger partial charge in [0.1, 0.15) is 0 Å². The van der Waals surface area contributed by atoms with Crippen LogP contribution in [0.5, 0.6) is 0 Å². The van der Waals surface area contributed by atoms with Gasteiger partial charge in [0.15, 0.2) is 0 Å². The molecule has 0 N–H and O–H groups in total. The van der Waals surface area contributed by atoms with Gasteiger partial charge in [-0.15, -0.1) is 68.8 Å². The minimum absolute atomic E-state index is 0. The molecule has 6 aromatic rings. The first-order chi connectivity index (χ1) is 16.2. The van der Waals surface area contributed by atoms with Crippen molar-refractivity contribution in [2.75, 3.05) is 0 Å². The second-order valence-electron chi connectivity index (χ2n) is 8.40. The van der Waals surface area contributed by atoms with Crippen LogP contribution in [0.4, 0.5) is 0 Å². The van der Waals surface area contributed by atoms with Crippen molar-refractivity contribution in [1.29, 1.82) is 0 Å². The van der Waals surface area contributed by atoms with E-state index in [2.05, 4.69) is 141 Å². The van der Waals surface area contributed by atoms with E-state index in [1.807, 2.05) is 0 Å². The maximum absolute atomic E-state index is 2.35. The monoisotopic (exact) mass is 622 g/mol. The zero-order valence-corrected chi connectivity index (χ0v) is 24.1. The van der Waals surface area contributed by atoms with Gasteiger partial charge in [-0.25, -0.2) is 0 Å². The van der Waals surface area contributed by atoms with Gasteiger partial charge in [0.05, 0.1) is 0 Å². The molecule has 0 heterocycles. The first-order valence-corrected chi connectivity index (χ1v) is 12.7. The van der Waals surface area contributed by atoms with Gasteiger partial charge in [0.25, 0.3) is 0 Å². The Morgan fingerprint density at radius 2 is 1.21 bits per heavy atom. The van der Waals surface area contributed by atoms with Crippen LogP contribution in [0.1, 0.15) is 11.1 Å². The van der Waals surface area contributed by atoms with E-state index >= 15 is 0 Å². The van der Waals surface area contributed by atoms with Crippen molar-refractivity contribution in [3.8, 4) is 0 Å². The molecule has 0 amide bonds. The van der Waals surface area contributed by atoms with E-state index in [-0.39, 0.29) is 25.8 Å². The number of fused-ring (bicyclic) bond motifs is 2. The second kappa shape index (κ2) is 11.2. The fourth-order valence-corrected chi connectivity index (χ4v) is 6.77. The second-order valence-corrected chi connectivity index (χ2v) is 10.6. The molecule has 0 aromatic heterocycles. The first kappa shape index (κ1) is 24.5. The van der Waals surface area contributed by atoms with Crippen LogP contribution in [0.2, 0.25) is 0 Å². The predicted molar refractivity (Wildman–Crippen MR) is 147 cm³/mol. The summed E-state index contributed by atoms with van der Waals surface area (Å²) < 4.78 is 0. The Balaban J connectivity index is 0.000000193. The van der Waals surface area contributed by atoms with Gasteiger partial charge in [-0.3, -0.25) is 0 Å². The van der Waals surface area contributed by atoms with Gasteiger partial charge in [-0.05, 0) is 25.5 Å². The fraction of sp³-hybridized carbons (Fsp3) is 0.0625. The zero-order valence-electron chi connectivity index (χ0n) is 19.6. The van der Waals surface area contributed by atoms with E-state index in [9.17, 15) is 0 Å². The number of aryl methyl sites for hydroxylation is 2. The molecule has 0 spiro atoms. The van der Waals surface area contributed by atoms with Crippen LogP contribution in [-0.2, 0) is 25.8 Å². The quantitative estimate of drug-likeness (QED) is 0.109. The molecule has 2 heteroatoms. The van der Waals surface area contributed by atoms with E-state index in [1.165, 1.54) is 48.6 Å². The molecule has 6 aromatic carbocycles. The molecule has 0 aliphatic heterocycles. The Labute approximate surface area is 222 Å². The van der Waals surface area contributed by atoms with Crippen LogP contribution >= 0.6 is 7.92 Å². The molecular formula is C32H27HfP+2. The maximum atomic E-state index is 2.35. The molecule has 0 unspecified atom stereocenters. The molecule has 0 bridgehead atoms. The molecule has 0 nitrogen and oxygen atoms in total. The maximum Gasteiger partial charge on any atom is 4.00 e. The third-order valence-electron chi connectivity index (χ3n) is 6.14. The van der Waals surface area contributed by atoms with Crippen LogP contribution in [0.25, 0.3) is 21.5 Å². The minimum atomic E-state index is -0.493. The van der Waals surface area contributed by atoms with Gasteiger partial charge >= 0.3 is 25.8 Å². The summed E-state index contributed by atoms with van der Waals surface area (Å²) >= 11 is 0. The van der Waals surface area contributed by atoms with Crippen LogP contribution < -0.4 is 15.9 Å². The van der Waals surface area contributed by atoms with Crippen molar-refractivity contribution >= 4 is 45.4 Å². The third kappa shape index (κ3) is 5.22. The van der Waals surface area contributed by atoms with E-state index in [0.29, 0.717) is 0 Å². The zero-order chi connectivity index (χ0) is 22.6. The Morgan fingerprint density at radius 1 is 0.618 bits per heavy atom. The van der Waals surface area contributed by atoms with Gasteiger partial charge in [0.2, 0.25) is 0 Å². The molecule has 6 rings (SSSR count). The molecule has 0 radical (unpaired) electrons. The number of hydrogen-bond donors (Lipinski definition) is 0. The van der Waals surface area contributed by atoms with Gasteiger partial charge in [-0.2, -0.15) is 18.2 Å². The summed E-state index contributed by atoms with van der Waals surface area (Å²) in [6, 6.07) is 45.8. The van der Waals surface area contributed by atoms with E-state index in [4.69, 9.17) is 0 Å². The van der Waals surface area contributed by atoms with E-state index in [1.54, 1.807) is 0 Å².